The van der Waals surface area contributed by atoms with Gasteiger partial charge in [0.2, 0.25) is 0 Å². The summed E-state index contributed by atoms with van der Waals surface area (Å²) in [4.78, 5) is 40.1. The van der Waals surface area contributed by atoms with Crippen LogP contribution in [0.25, 0.3) is 0 Å². The third-order valence-corrected chi connectivity index (χ3v) is 7.50. The Labute approximate surface area is 220 Å². The third kappa shape index (κ3) is 4.83. The number of hydrogen-bond donors (Lipinski definition) is 1. The van der Waals surface area contributed by atoms with Crippen molar-refractivity contribution in [3.05, 3.63) is 81.9 Å². The summed E-state index contributed by atoms with van der Waals surface area (Å²) in [6.45, 7) is 0.248. The summed E-state index contributed by atoms with van der Waals surface area (Å²) in [7, 11) is 1.51. The van der Waals surface area contributed by atoms with Crippen LogP contribution in [0.4, 0.5) is 4.39 Å². The Hall–Kier alpha value is -3.94. The van der Waals surface area contributed by atoms with Crippen LogP contribution in [-0.4, -0.2) is 41.2 Å². The zero-order valence-electron chi connectivity index (χ0n) is 21.3. The zero-order chi connectivity index (χ0) is 26.8. The molecule has 198 valence electrons. The number of hydrogen-bond acceptors (Lipinski definition) is 6. The van der Waals surface area contributed by atoms with Crippen molar-refractivity contribution in [1.29, 1.82) is 0 Å². The Kier molecular flexibility index (Phi) is 7.31. The minimum Gasteiger partial charge on any atom is -0.493 e. The van der Waals surface area contributed by atoms with E-state index >= 15 is 0 Å². The number of allylic oxidation sites excluding steroid dienone is 4. The number of Topliss-reactive ketones (excluding diaryl/α,β-unsaturated/α-hetero) is 2. The molecule has 0 atom stereocenters. The summed E-state index contributed by atoms with van der Waals surface area (Å²) >= 11 is 0. The lowest BCUT2D eigenvalue weighted by molar-refractivity contribution is -0.137. The van der Waals surface area contributed by atoms with Crippen LogP contribution < -0.4 is 9.47 Å². The number of nitrogens with zero attached hydrogens (tertiary/aromatic N) is 1. The largest absolute Gasteiger partial charge is 0.493 e. The van der Waals surface area contributed by atoms with E-state index in [-0.39, 0.29) is 37.0 Å². The molecule has 7 nitrogen and oxygen atoms in total. The number of ether oxygens (including phenoxy) is 2. The average Bonchev–Trinajstić information content (AvgIpc) is 2.91. The van der Waals surface area contributed by atoms with Crippen LogP contribution in [0.15, 0.2) is 65.0 Å². The van der Waals surface area contributed by atoms with Crippen LogP contribution in [-0.2, 0) is 21.0 Å². The predicted octanol–water partition coefficient (Wildman–Crippen LogP) is 5.30. The Morgan fingerprint density at radius 1 is 0.974 bits per heavy atom. The van der Waals surface area contributed by atoms with E-state index in [4.69, 9.17) is 9.47 Å². The monoisotopic (exact) mass is 519 g/mol. The minimum absolute atomic E-state index is 0.0136. The number of methoxy groups -OCH3 is 1. The Balaban J connectivity index is 1.56. The van der Waals surface area contributed by atoms with Crippen molar-refractivity contribution in [1.82, 2.24) is 4.90 Å². The number of carbonyl (C=O) groups is 3. The van der Waals surface area contributed by atoms with Gasteiger partial charge in [0.1, 0.15) is 12.4 Å². The molecular formula is C30H30FNO6. The lowest BCUT2D eigenvalue weighted by atomic mass is 9.71. The maximum absolute atomic E-state index is 14.1. The molecule has 0 bridgehead atoms. The fourth-order valence-corrected chi connectivity index (χ4v) is 5.78. The molecule has 0 saturated heterocycles. The maximum Gasteiger partial charge on any atom is 0.305 e. The number of carboxylic acid groups (broad SMARTS) is 1. The molecule has 2 aliphatic carbocycles. The Morgan fingerprint density at radius 2 is 1.63 bits per heavy atom. The van der Waals surface area contributed by atoms with Crippen LogP contribution in [0.2, 0.25) is 0 Å². The van der Waals surface area contributed by atoms with Gasteiger partial charge in [-0.3, -0.25) is 14.4 Å². The number of carboxylic acids is 1. The molecule has 0 fully saturated rings. The highest BCUT2D eigenvalue weighted by Crippen LogP contribution is 2.50. The van der Waals surface area contributed by atoms with Crippen LogP contribution in [0.3, 0.4) is 0 Å². The van der Waals surface area contributed by atoms with Crippen molar-refractivity contribution in [2.24, 2.45) is 0 Å². The van der Waals surface area contributed by atoms with Gasteiger partial charge in [-0.2, -0.15) is 0 Å². The van der Waals surface area contributed by atoms with E-state index in [1.165, 1.54) is 13.2 Å². The normalized spacial score (nSPS) is 17.9. The van der Waals surface area contributed by atoms with Gasteiger partial charge in [0.25, 0.3) is 0 Å². The van der Waals surface area contributed by atoms with Crippen molar-refractivity contribution in [2.45, 2.75) is 57.5 Å². The van der Waals surface area contributed by atoms with Gasteiger partial charge in [-0.15, -0.1) is 0 Å². The molecule has 2 aromatic carbocycles. The van der Waals surface area contributed by atoms with Gasteiger partial charge in [-0.05, 0) is 49.4 Å². The predicted molar refractivity (Wildman–Crippen MR) is 137 cm³/mol. The first-order chi connectivity index (χ1) is 18.4. The number of carbonyl (C=O) groups excluding carboxylic acids is 2. The molecule has 1 heterocycles. The first-order valence-corrected chi connectivity index (χ1v) is 12.9. The summed E-state index contributed by atoms with van der Waals surface area (Å²) in [6.07, 6.45) is 3.39. The molecule has 1 aliphatic heterocycles. The molecule has 2 aromatic rings. The van der Waals surface area contributed by atoms with E-state index in [0.29, 0.717) is 66.7 Å². The highest BCUT2D eigenvalue weighted by molar-refractivity contribution is 6.06. The van der Waals surface area contributed by atoms with Crippen molar-refractivity contribution in [2.75, 3.05) is 13.7 Å². The summed E-state index contributed by atoms with van der Waals surface area (Å²) < 4.78 is 25.6. The third-order valence-electron chi connectivity index (χ3n) is 7.50. The first kappa shape index (κ1) is 25.7. The van der Waals surface area contributed by atoms with Crippen LogP contribution in [0.1, 0.15) is 62.0 Å². The average molecular weight is 520 g/mol. The standard InChI is InChI=1S/C30H30FNO6/c1-37-26-16-18(12-13-25(26)38-17-19-6-2-3-7-20(19)31)28-29-21(8-4-10-23(29)33)32(15-14-27(35)36)22-9-5-11-24(34)30(22)28/h2-3,6-7,12-13,16,28H,4-5,8-11,14-15,17H2,1H3,(H,35,36). The zero-order valence-corrected chi connectivity index (χ0v) is 21.3. The van der Waals surface area contributed by atoms with Gasteiger partial charge in [-0.1, -0.05) is 24.3 Å². The van der Waals surface area contributed by atoms with E-state index in [1.54, 1.807) is 30.3 Å². The molecule has 0 amide bonds. The van der Waals surface area contributed by atoms with Gasteiger partial charge in [-0.25, -0.2) is 4.39 Å². The topological polar surface area (TPSA) is 93.1 Å². The highest BCUT2D eigenvalue weighted by atomic mass is 19.1. The first-order valence-electron chi connectivity index (χ1n) is 12.9. The molecule has 0 aromatic heterocycles. The molecule has 0 radical (unpaired) electrons. The lowest BCUT2D eigenvalue weighted by Gasteiger charge is -2.44. The second-order valence-corrected chi connectivity index (χ2v) is 9.79. The second-order valence-electron chi connectivity index (χ2n) is 9.79. The van der Waals surface area contributed by atoms with Crippen LogP contribution in [0, 0.1) is 5.82 Å². The minimum atomic E-state index is -0.920. The summed E-state index contributed by atoms with van der Waals surface area (Å²) in [5.41, 5.74) is 3.98. The molecule has 0 saturated carbocycles. The molecule has 5 rings (SSSR count). The van der Waals surface area contributed by atoms with E-state index in [0.717, 1.165) is 17.0 Å². The number of aliphatic carboxylic acids is 1. The van der Waals surface area contributed by atoms with E-state index < -0.39 is 11.9 Å². The Morgan fingerprint density at radius 3 is 2.24 bits per heavy atom. The number of benzene rings is 2. The molecule has 3 aliphatic rings. The van der Waals surface area contributed by atoms with Gasteiger partial charge in [0, 0.05) is 53.4 Å². The van der Waals surface area contributed by atoms with Gasteiger partial charge >= 0.3 is 5.97 Å². The number of halogens is 1. The lowest BCUT2D eigenvalue weighted by Crippen LogP contribution is -2.39. The van der Waals surface area contributed by atoms with Gasteiger partial charge < -0.3 is 19.5 Å². The van der Waals surface area contributed by atoms with Crippen LogP contribution in [0.5, 0.6) is 11.5 Å². The van der Waals surface area contributed by atoms with Gasteiger partial charge in [0.15, 0.2) is 23.1 Å². The molecular weight excluding hydrogens is 489 g/mol. The van der Waals surface area contributed by atoms with E-state index in [1.807, 2.05) is 11.0 Å². The summed E-state index contributed by atoms with van der Waals surface area (Å²) in [6, 6.07) is 11.7. The van der Waals surface area contributed by atoms with Crippen molar-refractivity contribution < 1.29 is 33.4 Å². The number of rotatable bonds is 8. The van der Waals surface area contributed by atoms with Crippen molar-refractivity contribution in [3.8, 4) is 11.5 Å². The van der Waals surface area contributed by atoms with E-state index in [9.17, 15) is 23.9 Å². The van der Waals surface area contributed by atoms with E-state index in [2.05, 4.69) is 0 Å². The molecule has 8 heteroatoms. The fraction of sp³-hybridized carbons (Fsp3) is 0.367. The van der Waals surface area contributed by atoms with Crippen molar-refractivity contribution >= 4 is 17.5 Å². The molecule has 38 heavy (non-hydrogen) atoms. The fourth-order valence-electron chi connectivity index (χ4n) is 5.78. The molecule has 0 unspecified atom stereocenters. The second kappa shape index (κ2) is 10.8. The quantitative estimate of drug-likeness (QED) is 0.506. The summed E-state index contributed by atoms with van der Waals surface area (Å²) in [5.74, 6) is -1.01. The highest BCUT2D eigenvalue weighted by Gasteiger charge is 2.43. The van der Waals surface area contributed by atoms with Gasteiger partial charge in [0.05, 0.1) is 13.5 Å². The summed E-state index contributed by atoms with van der Waals surface area (Å²) in [5, 5.41) is 9.35. The number of ketones is 2. The smallest absolute Gasteiger partial charge is 0.305 e. The Bertz CT molecular complexity index is 1320. The SMILES string of the molecule is COc1cc(C2C3=C(CCCC3=O)N(CCC(=O)O)C3=C2C(=O)CCC3)ccc1OCc1ccccc1F. The maximum atomic E-state index is 14.1. The van der Waals surface area contributed by atoms with Crippen LogP contribution >= 0.6 is 0 Å². The molecule has 1 N–H and O–H groups in total. The molecule has 0 spiro atoms. The van der Waals surface area contributed by atoms with Crippen molar-refractivity contribution in [3.63, 3.8) is 0 Å².